The fourth-order valence-corrected chi connectivity index (χ4v) is 4.45. The van der Waals surface area contributed by atoms with Gasteiger partial charge in [-0.15, -0.1) is 11.6 Å². The Kier molecular flexibility index (Phi) is 4.42. The summed E-state index contributed by atoms with van der Waals surface area (Å²) in [5.41, 5.74) is 0.535. The van der Waals surface area contributed by atoms with Crippen molar-refractivity contribution in [1.29, 1.82) is 0 Å². The monoisotopic (exact) mass is 319 g/mol. The number of benzene rings is 1. The summed E-state index contributed by atoms with van der Waals surface area (Å²) in [6, 6.07) is 2.73. The third-order valence-electron chi connectivity index (χ3n) is 4.04. The van der Waals surface area contributed by atoms with Crippen LogP contribution in [0, 0.1) is 24.6 Å². The summed E-state index contributed by atoms with van der Waals surface area (Å²) in [6.45, 7) is 6.66. The number of nitrogens with zero attached hydrogens (tertiary/aromatic N) is 1. The molecule has 0 spiro atoms. The first-order chi connectivity index (χ1) is 9.27. The molecule has 2 atom stereocenters. The summed E-state index contributed by atoms with van der Waals surface area (Å²) in [5.74, 6) is 0.197. The zero-order chi connectivity index (χ0) is 15.1. The van der Waals surface area contributed by atoms with Crippen molar-refractivity contribution in [3.8, 4) is 0 Å². The van der Waals surface area contributed by atoms with Gasteiger partial charge in [0.15, 0.2) is 0 Å². The first kappa shape index (κ1) is 15.7. The van der Waals surface area contributed by atoms with E-state index in [2.05, 4.69) is 0 Å². The van der Waals surface area contributed by atoms with E-state index < -0.39 is 15.8 Å². The molecule has 0 saturated carbocycles. The van der Waals surface area contributed by atoms with E-state index in [9.17, 15) is 12.8 Å². The van der Waals surface area contributed by atoms with Crippen LogP contribution in [0.4, 0.5) is 4.39 Å². The normalized spacial score (nSPS) is 24.2. The molecule has 1 saturated heterocycles. The SMILES string of the molecule is Cc1cc(S(=O)(=O)N2CC(C)C(C)C2)cc(CCl)c1F. The molecule has 1 aliphatic heterocycles. The molecule has 0 radical (unpaired) electrons. The molecule has 1 aliphatic rings. The van der Waals surface area contributed by atoms with E-state index in [0.717, 1.165) is 0 Å². The Morgan fingerprint density at radius 1 is 1.30 bits per heavy atom. The molecular weight excluding hydrogens is 301 g/mol. The fourth-order valence-electron chi connectivity index (χ4n) is 2.48. The first-order valence-corrected chi connectivity index (χ1v) is 8.60. The number of hydrogen-bond donors (Lipinski definition) is 0. The van der Waals surface area contributed by atoms with Crippen LogP contribution in [-0.4, -0.2) is 25.8 Å². The standard InChI is InChI=1S/C14H19ClFNO2S/c1-9-4-13(5-12(6-15)14(9)16)20(18,19)17-7-10(2)11(3)8-17/h4-5,10-11H,6-8H2,1-3H3. The molecule has 20 heavy (non-hydrogen) atoms. The number of sulfonamides is 1. The molecule has 6 heteroatoms. The van der Waals surface area contributed by atoms with E-state index in [0.29, 0.717) is 30.5 Å². The smallest absolute Gasteiger partial charge is 0.207 e. The number of hydrogen-bond acceptors (Lipinski definition) is 2. The van der Waals surface area contributed by atoms with Crippen molar-refractivity contribution in [2.24, 2.45) is 11.8 Å². The quantitative estimate of drug-likeness (QED) is 0.803. The van der Waals surface area contributed by atoms with Gasteiger partial charge >= 0.3 is 0 Å². The lowest BCUT2D eigenvalue weighted by atomic mass is 10.0. The average Bonchev–Trinajstić information content (AvgIpc) is 2.73. The molecule has 1 heterocycles. The van der Waals surface area contributed by atoms with Crippen LogP contribution >= 0.6 is 11.6 Å². The van der Waals surface area contributed by atoms with Gasteiger partial charge in [-0.1, -0.05) is 13.8 Å². The van der Waals surface area contributed by atoms with Crippen LogP contribution in [0.5, 0.6) is 0 Å². The Morgan fingerprint density at radius 2 is 1.85 bits per heavy atom. The maximum Gasteiger partial charge on any atom is 0.243 e. The molecule has 0 N–H and O–H groups in total. The highest BCUT2D eigenvalue weighted by molar-refractivity contribution is 7.89. The van der Waals surface area contributed by atoms with Gasteiger partial charge in [0.1, 0.15) is 5.82 Å². The van der Waals surface area contributed by atoms with Gasteiger partial charge in [-0.05, 0) is 36.5 Å². The molecule has 1 fully saturated rings. The highest BCUT2D eigenvalue weighted by Crippen LogP contribution is 2.29. The maximum absolute atomic E-state index is 13.8. The Balaban J connectivity index is 2.43. The van der Waals surface area contributed by atoms with Crippen molar-refractivity contribution in [3.63, 3.8) is 0 Å². The van der Waals surface area contributed by atoms with Crippen molar-refractivity contribution in [1.82, 2.24) is 4.31 Å². The van der Waals surface area contributed by atoms with E-state index in [4.69, 9.17) is 11.6 Å². The van der Waals surface area contributed by atoms with Gasteiger partial charge in [0.2, 0.25) is 10.0 Å². The third-order valence-corrected chi connectivity index (χ3v) is 6.14. The van der Waals surface area contributed by atoms with Crippen LogP contribution in [0.3, 0.4) is 0 Å². The van der Waals surface area contributed by atoms with Crippen LogP contribution in [-0.2, 0) is 15.9 Å². The van der Waals surface area contributed by atoms with E-state index in [1.807, 2.05) is 13.8 Å². The van der Waals surface area contributed by atoms with Crippen molar-refractivity contribution in [3.05, 3.63) is 29.1 Å². The topological polar surface area (TPSA) is 37.4 Å². The number of halogens is 2. The van der Waals surface area contributed by atoms with Crippen LogP contribution in [0.25, 0.3) is 0 Å². The lowest BCUT2D eigenvalue weighted by Gasteiger charge is -2.17. The van der Waals surface area contributed by atoms with E-state index in [-0.39, 0.29) is 16.3 Å². The van der Waals surface area contributed by atoms with Crippen LogP contribution in [0.2, 0.25) is 0 Å². The summed E-state index contributed by atoms with van der Waals surface area (Å²) < 4.78 is 40.5. The van der Waals surface area contributed by atoms with Crippen molar-refractivity contribution in [2.75, 3.05) is 13.1 Å². The molecule has 1 aromatic rings. The minimum atomic E-state index is -3.57. The van der Waals surface area contributed by atoms with Crippen LogP contribution < -0.4 is 0 Å². The molecule has 0 amide bonds. The van der Waals surface area contributed by atoms with Gasteiger partial charge in [0.25, 0.3) is 0 Å². The number of aryl methyl sites for hydroxylation is 1. The van der Waals surface area contributed by atoms with Gasteiger partial charge in [-0.2, -0.15) is 4.31 Å². The molecule has 3 nitrogen and oxygen atoms in total. The van der Waals surface area contributed by atoms with Gasteiger partial charge in [-0.25, -0.2) is 12.8 Å². The summed E-state index contributed by atoms with van der Waals surface area (Å²) >= 11 is 5.68. The Labute approximate surface area is 124 Å². The maximum atomic E-state index is 13.8. The minimum Gasteiger partial charge on any atom is -0.207 e. The summed E-state index contributed by atoms with van der Waals surface area (Å²) in [5, 5.41) is 0. The van der Waals surface area contributed by atoms with Crippen molar-refractivity contribution < 1.29 is 12.8 Å². The zero-order valence-electron chi connectivity index (χ0n) is 11.9. The molecule has 0 aromatic heterocycles. The first-order valence-electron chi connectivity index (χ1n) is 6.62. The van der Waals surface area contributed by atoms with Crippen LogP contribution in [0.1, 0.15) is 25.0 Å². The number of rotatable bonds is 3. The predicted octanol–water partition coefficient (Wildman–Crippen LogP) is 3.15. The molecule has 112 valence electrons. The summed E-state index contributed by atoms with van der Waals surface area (Å²) in [7, 11) is -3.57. The van der Waals surface area contributed by atoms with Gasteiger partial charge in [-0.3, -0.25) is 0 Å². The molecule has 0 aliphatic carbocycles. The molecule has 1 aromatic carbocycles. The largest absolute Gasteiger partial charge is 0.243 e. The molecule has 0 bridgehead atoms. The molecule has 2 unspecified atom stereocenters. The highest BCUT2D eigenvalue weighted by atomic mass is 35.5. The summed E-state index contributed by atoms with van der Waals surface area (Å²) in [6.07, 6.45) is 0. The zero-order valence-corrected chi connectivity index (χ0v) is 13.4. The second kappa shape index (κ2) is 5.62. The van der Waals surface area contributed by atoms with Crippen molar-refractivity contribution >= 4 is 21.6 Å². The fraction of sp³-hybridized carbons (Fsp3) is 0.571. The predicted molar refractivity (Wildman–Crippen MR) is 77.8 cm³/mol. The van der Waals surface area contributed by atoms with Crippen LogP contribution in [0.15, 0.2) is 17.0 Å². The highest BCUT2D eigenvalue weighted by Gasteiger charge is 2.35. The second-order valence-electron chi connectivity index (χ2n) is 5.62. The lowest BCUT2D eigenvalue weighted by molar-refractivity contribution is 0.463. The number of alkyl halides is 1. The molecular formula is C14H19ClFNO2S. The molecule has 2 rings (SSSR count). The summed E-state index contributed by atoms with van der Waals surface area (Å²) in [4.78, 5) is 0.133. The van der Waals surface area contributed by atoms with Gasteiger partial charge in [0, 0.05) is 18.7 Å². The van der Waals surface area contributed by atoms with Gasteiger partial charge < -0.3 is 0 Å². The average molecular weight is 320 g/mol. The minimum absolute atomic E-state index is 0.0389. The van der Waals surface area contributed by atoms with Gasteiger partial charge in [0.05, 0.1) is 10.8 Å². The lowest BCUT2D eigenvalue weighted by Crippen LogP contribution is -2.29. The third kappa shape index (κ3) is 2.71. The Hall–Kier alpha value is -0.650. The Bertz CT molecular complexity index is 608. The second-order valence-corrected chi connectivity index (χ2v) is 7.83. The Morgan fingerprint density at radius 3 is 2.35 bits per heavy atom. The van der Waals surface area contributed by atoms with E-state index in [1.165, 1.54) is 16.4 Å². The van der Waals surface area contributed by atoms with E-state index in [1.54, 1.807) is 6.92 Å². The van der Waals surface area contributed by atoms with E-state index >= 15 is 0 Å². The van der Waals surface area contributed by atoms with Crippen molar-refractivity contribution in [2.45, 2.75) is 31.5 Å².